The first-order valence-electron chi connectivity index (χ1n) is 7.77. The first kappa shape index (κ1) is 12.0. The van der Waals surface area contributed by atoms with Gasteiger partial charge in [-0.15, -0.1) is 0 Å². The minimum absolute atomic E-state index is 0.220. The quantitative estimate of drug-likeness (QED) is 0.839. The highest BCUT2D eigenvalue weighted by molar-refractivity contribution is 5.56. The molecular formula is C15H19N5O. The van der Waals surface area contributed by atoms with Crippen molar-refractivity contribution < 1.29 is 4.84 Å². The maximum atomic E-state index is 6.01. The third kappa shape index (κ3) is 1.73. The maximum Gasteiger partial charge on any atom is 0.163 e. The van der Waals surface area contributed by atoms with E-state index in [9.17, 15) is 0 Å². The van der Waals surface area contributed by atoms with Crippen LogP contribution in [0.25, 0.3) is 5.65 Å². The molecule has 3 saturated carbocycles. The Morgan fingerprint density at radius 3 is 2.95 bits per heavy atom. The smallest absolute Gasteiger partial charge is 0.163 e. The topological polar surface area (TPSA) is 53.8 Å². The van der Waals surface area contributed by atoms with Crippen LogP contribution in [0.15, 0.2) is 30.7 Å². The molecule has 21 heavy (non-hydrogen) atoms. The lowest BCUT2D eigenvalue weighted by Crippen LogP contribution is -2.57. The number of nitrogens with one attached hydrogen (secondary N) is 2. The monoisotopic (exact) mass is 285 g/mol. The van der Waals surface area contributed by atoms with Crippen LogP contribution in [-0.4, -0.2) is 15.1 Å². The molecule has 3 heterocycles. The van der Waals surface area contributed by atoms with Crippen molar-refractivity contribution >= 4 is 11.3 Å². The first-order valence-corrected chi connectivity index (χ1v) is 7.77. The molecule has 4 fully saturated rings. The standard InChI is InChI=1S/C15H19N5O/c1-6-16-14-8-13(10-19(14)7-1)20-17-15(21-18-20)9-11-2-4-12(15)5-3-11/h1,6-8,10-12,17-18H,2-5,9H2. The zero-order valence-electron chi connectivity index (χ0n) is 11.8. The van der Waals surface area contributed by atoms with Crippen molar-refractivity contribution in [1.82, 2.24) is 20.4 Å². The zero-order chi connectivity index (χ0) is 13.9. The summed E-state index contributed by atoms with van der Waals surface area (Å²) in [5.41, 5.74) is 8.37. The van der Waals surface area contributed by atoms with Gasteiger partial charge in [0.05, 0.1) is 5.69 Å². The molecule has 6 rings (SSSR count). The molecule has 4 aliphatic rings. The average molecular weight is 285 g/mol. The summed E-state index contributed by atoms with van der Waals surface area (Å²) < 4.78 is 2.01. The number of nitrogens with zero attached hydrogens (tertiary/aromatic N) is 3. The van der Waals surface area contributed by atoms with E-state index in [1.807, 2.05) is 40.2 Å². The molecule has 2 bridgehead atoms. The fourth-order valence-corrected chi connectivity index (χ4v) is 4.22. The van der Waals surface area contributed by atoms with E-state index in [-0.39, 0.29) is 5.72 Å². The van der Waals surface area contributed by atoms with Gasteiger partial charge in [0, 0.05) is 30.6 Å². The molecular weight excluding hydrogens is 266 g/mol. The van der Waals surface area contributed by atoms with Crippen LogP contribution in [0, 0.1) is 11.8 Å². The normalized spacial score (nSPS) is 35.1. The SMILES string of the molecule is c1cnc2cc(N3NOC4(CC5CCC4CC5)N3)cn2c1. The van der Waals surface area contributed by atoms with Crippen LogP contribution < -0.4 is 16.1 Å². The second-order valence-corrected chi connectivity index (χ2v) is 6.54. The summed E-state index contributed by atoms with van der Waals surface area (Å²) in [6.45, 7) is 0. The highest BCUT2D eigenvalue weighted by Crippen LogP contribution is 2.49. The van der Waals surface area contributed by atoms with Crippen molar-refractivity contribution in [3.63, 3.8) is 0 Å². The predicted molar refractivity (Wildman–Crippen MR) is 77.8 cm³/mol. The Hall–Kier alpha value is -1.63. The van der Waals surface area contributed by atoms with Gasteiger partial charge in [0.15, 0.2) is 5.72 Å². The molecule has 2 N–H and O–H groups in total. The van der Waals surface area contributed by atoms with E-state index in [1.165, 1.54) is 25.7 Å². The van der Waals surface area contributed by atoms with Crippen LogP contribution >= 0.6 is 0 Å². The second-order valence-electron chi connectivity index (χ2n) is 6.54. The fraction of sp³-hybridized carbons (Fsp3) is 0.533. The van der Waals surface area contributed by atoms with Gasteiger partial charge in [0.2, 0.25) is 0 Å². The average Bonchev–Trinajstić information content (AvgIpc) is 3.13. The van der Waals surface area contributed by atoms with Crippen molar-refractivity contribution in [3.05, 3.63) is 30.7 Å². The minimum Gasteiger partial charge on any atom is -0.306 e. The van der Waals surface area contributed by atoms with Gasteiger partial charge < -0.3 is 4.40 Å². The number of fused-ring (bicyclic) bond motifs is 3. The van der Waals surface area contributed by atoms with E-state index in [0.717, 1.165) is 23.7 Å². The lowest BCUT2D eigenvalue weighted by Gasteiger charge is -2.47. The summed E-state index contributed by atoms with van der Waals surface area (Å²) in [6.07, 6.45) is 12.2. The van der Waals surface area contributed by atoms with Crippen LogP contribution in [0.5, 0.6) is 0 Å². The van der Waals surface area contributed by atoms with Crippen molar-refractivity contribution in [2.45, 2.75) is 37.8 Å². The molecule has 3 aliphatic carbocycles. The van der Waals surface area contributed by atoms with Gasteiger partial charge in [0.1, 0.15) is 5.65 Å². The van der Waals surface area contributed by atoms with Gasteiger partial charge in [-0.3, -0.25) is 4.84 Å². The van der Waals surface area contributed by atoms with Crippen LogP contribution in [0.1, 0.15) is 32.1 Å². The highest BCUT2D eigenvalue weighted by atomic mass is 16.7. The molecule has 1 spiro atoms. The Bertz CT molecular complexity index is 645. The lowest BCUT2D eigenvalue weighted by atomic mass is 9.66. The molecule has 2 aromatic rings. The molecule has 1 aliphatic heterocycles. The van der Waals surface area contributed by atoms with Gasteiger partial charge in [-0.2, -0.15) is 5.43 Å². The van der Waals surface area contributed by atoms with Gasteiger partial charge in [-0.05, 0) is 44.1 Å². The third-order valence-corrected chi connectivity index (χ3v) is 5.33. The molecule has 6 nitrogen and oxygen atoms in total. The summed E-state index contributed by atoms with van der Waals surface area (Å²) in [6, 6.07) is 3.98. The molecule has 2 aromatic heterocycles. The van der Waals surface area contributed by atoms with Crippen LogP contribution in [-0.2, 0) is 4.84 Å². The number of hydrazine groups is 2. The van der Waals surface area contributed by atoms with Crippen molar-refractivity contribution in [2.75, 3.05) is 5.12 Å². The third-order valence-electron chi connectivity index (χ3n) is 5.33. The number of hydrogen-bond acceptors (Lipinski definition) is 5. The Kier molecular flexibility index (Phi) is 2.39. The number of anilines is 1. The Labute approximate surface area is 123 Å². The summed E-state index contributed by atoms with van der Waals surface area (Å²) in [5, 5.41) is 1.90. The Morgan fingerprint density at radius 1 is 1.29 bits per heavy atom. The summed E-state index contributed by atoms with van der Waals surface area (Å²) in [7, 11) is 0. The van der Waals surface area contributed by atoms with Crippen molar-refractivity contribution in [1.29, 1.82) is 0 Å². The molecule has 1 saturated heterocycles. The van der Waals surface area contributed by atoms with Crippen molar-refractivity contribution in [2.24, 2.45) is 11.8 Å². The highest BCUT2D eigenvalue weighted by Gasteiger charge is 2.53. The van der Waals surface area contributed by atoms with Gasteiger partial charge in [-0.1, -0.05) is 5.59 Å². The summed E-state index contributed by atoms with van der Waals surface area (Å²) >= 11 is 0. The van der Waals surface area contributed by atoms with Crippen LogP contribution in [0.2, 0.25) is 0 Å². The van der Waals surface area contributed by atoms with Gasteiger partial charge >= 0.3 is 0 Å². The van der Waals surface area contributed by atoms with E-state index in [1.54, 1.807) is 0 Å². The molecule has 6 heteroatoms. The molecule has 1 unspecified atom stereocenters. The van der Waals surface area contributed by atoms with E-state index in [0.29, 0.717) is 5.92 Å². The van der Waals surface area contributed by atoms with E-state index >= 15 is 0 Å². The molecule has 1 atom stereocenters. The summed E-state index contributed by atoms with van der Waals surface area (Å²) in [5.74, 6) is 1.41. The van der Waals surface area contributed by atoms with Crippen LogP contribution in [0.3, 0.4) is 0 Å². The zero-order valence-corrected chi connectivity index (χ0v) is 11.8. The fourth-order valence-electron chi connectivity index (χ4n) is 4.22. The molecule has 0 aromatic carbocycles. The Balaban J connectivity index is 1.44. The first-order chi connectivity index (χ1) is 10.3. The second kappa shape index (κ2) is 4.19. The molecule has 0 radical (unpaired) electrons. The van der Waals surface area contributed by atoms with E-state index < -0.39 is 0 Å². The predicted octanol–water partition coefficient (Wildman–Crippen LogP) is 2.00. The Morgan fingerprint density at radius 2 is 2.19 bits per heavy atom. The molecule has 0 amide bonds. The van der Waals surface area contributed by atoms with Crippen LogP contribution in [0.4, 0.5) is 5.69 Å². The maximum absolute atomic E-state index is 6.01. The van der Waals surface area contributed by atoms with E-state index in [2.05, 4.69) is 16.0 Å². The van der Waals surface area contributed by atoms with Gasteiger partial charge in [0.25, 0.3) is 0 Å². The van der Waals surface area contributed by atoms with Gasteiger partial charge in [-0.25, -0.2) is 10.1 Å². The number of hydrogen-bond donors (Lipinski definition) is 2. The molecule has 110 valence electrons. The number of rotatable bonds is 1. The summed E-state index contributed by atoms with van der Waals surface area (Å²) in [4.78, 5) is 10.4. The number of aromatic nitrogens is 2. The minimum atomic E-state index is -0.220. The largest absolute Gasteiger partial charge is 0.306 e. The lowest BCUT2D eigenvalue weighted by molar-refractivity contribution is -0.153. The van der Waals surface area contributed by atoms with Crippen molar-refractivity contribution in [3.8, 4) is 0 Å². The van der Waals surface area contributed by atoms with E-state index in [4.69, 9.17) is 4.84 Å².